The van der Waals surface area contributed by atoms with Crippen molar-refractivity contribution in [2.75, 3.05) is 12.3 Å². The predicted octanol–water partition coefficient (Wildman–Crippen LogP) is 2.14. The monoisotopic (exact) mass is 244 g/mol. The van der Waals surface area contributed by atoms with Gasteiger partial charge < -0.3 is 5.11 Å². The molecule has 1 atom stereocenters. The van der Waals surface area contributed by atoms with E-state index in [-0.39, 0.29) is 6.23 Å². The topological polar surface area (TPSA) is 45.1 Å². The number of hydrogen-bond acceptors (Lipinski definition) is 5. The quantitative estimate of drug-likeness (QED) is 0.437. The van der Waals surface area contributed by atoms with Gasteiger partial charge in [0.2, 0.25) is 0 Å². The summed E-state index contributed by atoms with van der Waals surface area (Å²) in [4.78, 5) is 4.20. The standard InChI is InChI=1S/C10H16N2OS2/c1-2-11-9(13)6-8-14-15-10-5-3-4-7-12-10/h3-5,7,9,11,13H,2,6,8H2,1H3. The minimum atomic E-state index is -0.383. The van der Waals surface area contributed by atoms with Crippen molar-refractivity contribution in [2.24, 2.45) is 0 Å². The van der Waals surface area contributed by atoms with Crippen molar-refractivity contribution >= 4 is 21.6 Å². The largest absolute Gasteiger partial charge is 0.379 e. The zero-order valence-corrected chi connectivity index (χ0v) is 10.4. The number of aromatic nitrogens is 1. The molecule has 1 heterocycles. The van der Waals surface area contributed by atoms with Gasteiger partial charge in [-0.2, -0.15) is 0 Å². The number of aliphatic hydroxyl groups excluding tert-OH is 1. The molecular weight excluding hydrogens is 228 g/mol. The van der Waals surface area contributed by atoms with Gasteiger partial charge in [-0.3, -0.25) is 5.32 Å². The van der Waals surface area contributed by atoms with Gasteiger partial charge in [0, 0.05) is 11.9 Å². The molecule has 0 fully saturated rings. The molecule has 84 valence electrons. The third-order valence-electron chi connectivity index (χ3n) is 1.70. The molecule has 5 heteroatoms. The van der Waals surface area contributed by atoms with Crippen LogP contribution in [-0.4, -0.2) is 28.6 Å². The number of pyridine rings is 1. The summed E-state index contributed by atoms with van der Waals surface area (Å²) < 4.78 is 0. The lowest BCUT2D eigenvalue weighted by Gasteiger charge is -2.09. The van der Waals surface area contributed by atoms with Crippen molar-refractivity contribution < 1.29 is 5.11 Å². The molecule has 15 heavy (non-hydrogen) atoms. The van der Waals surface area contributed by atoms with Gasteiger partial charge in [0.1, 0.15) is 11.3 Å². The Kier molecular flexibility index (Phi) is 6.83. The summed E-state index contributed by atoms with van der Waals surface area (Å²) in [5.74, 6) is 0.912. The van der Waals surface area contributed by atoms with Crippen LogP contribution in [0, 0.1) is 0 Å². The summed E-state index contributed by atoms with van der Waals surface area (Å²) in [5, 5.41) is 13.4. The van der Waals surface area contributed by atoms with E-state index < -0.39 is 0 Å². The maximum absolute atomic E-state index is 9.40. The fraction of sp³-hybridized carbons (Fsp3) is 0.500. The molecule has 0 aliphatic rings. The normalized spacial score (nSPS) is 12.7. The zero-order chi connectivity index (χ0) is 10.9. The van der Waals surface area contributed by atoms with Gasteiger partial charge in [0.15, 0.2) is 0 Å². The Hall–Kier alpha value is -0.230. The zero-order valence-electron chi connectivity index (χ0n) is 8.72. The van der Waals surface area contributed by atoms with E-state index in [1.54, 1.807) is 27.8 Å². The van der Waals surface area contributed by atoms with Crippen molar-refractivity contribution in [1.82, 2.24) is 10.3 Å². The van der Waals surface area contributed by atoms with Crippen molar-refractivity contribution in [3.05, 3.63) is 24.4 Å². The van der Waals surface area contributed by atoms with Crippen molar-refractivity contribution in [1.29, 1.82) is 0 Å². The van der Waals surface area contributed by atoms with Crippen LogP contribution in [0.4, 0.5) is 0 Å². The Morgan fingerprint density at radius 2 is 2.40 bits per heavy atom. The summed E-state index contributed by atoms with van der Waals surface area (Å²) in [6.07, 6.45) is 2.17. The highest BCUT2D eigenvalue weighted by Gasteiger charge is 2.01. The van der Waals surface area contributed by atoms with E-state index in [1.807, 2.05) is 25.1 Å². The highest BCUT2D eigenvalue weighted by atomic mass is 33.1. The Balaban J connectivity index is 2.07. The SMILES string of the molecule is CCNC(O)CCSSc1ccccn1. The first-order chi connectivity index (χ1) is 7.33. The van der Waals surface area contributed by atoms with Crippen molar-refractivity contribution in [3.63, 3.8) is 0 Å². The number of aliphatic hydroxyl groups is 1. The Bertz CT molecular complexity index is 259. The molecule has 0 amide bonds. The van der Waals surface area contributed by atoms with Gasteiger partial charge >= 0.3 is 0 Å². The van der Waals surface area contributed by atoms with Crippen LogP contribution in [0.3, 0.4) is 0 Å². The van der Waals surface area contributed by atoms with Crippen LogP contribution >= 0.6 is 21.6 Å². The Morgan fingerprint density at radius 1 is 1.53 bits per heavy atom. The van der Waals surface area contributed by atoms with Crippen molar-refractivity contribution in [2.45, 2.75) is 24.6 Å². The average Bonchev–Trinajstić information content (AvgIpc) is 2.26. The molecule has 2 N–H and O–H groups in total. The molecule has 0 bridgehead atoms. The fourth-order valence-corrected chi connectivity index (χ4v) is 2.95. The fourth-order valence-electron chi connectivity index (χ4n) is 0.996. The summed E-state index contributed by atoms with van der Waals surface area (Å²) in [6, 6.07) is 5.87. The molecule has 0 aliphatic carbocycles. The van der Waals surface area contributed by atoms with Gasteiger partial charge in [-0.1, -0.05) is 23.8 Å². The maximum atomic E-state index is 9.40. The van der Waals surface area contributed by atoms with Crippen LogP contribution < -0.4 is 5.32 Å². The van der Waals surface area contributed by atoms with E-state index in [0.717, 1.165) is 23.7 Å². The lowest BCUT2D eigenvalue weighted by Crippen LogP contribution is -2.28. The Morgan fingerprint density at radius 3 is 3.07 bits per heavy atom. The average molecular weight is 244 g/mol. The van der Waals surface area contributed by atoms with Crippen LogP contribution in [0.1, 0.15) is 13.3 Å². The van der Waals surface area contributed by atoms with Crippen LogP contribution in [0.2, 0.25) is 0 Å². The van der Waals surface area contributed by atoms with Crippen LogP contribution in [0.15, 0.2) is 29.4 Å². The minimum absolute atomic E-state index is 0.383. The minimum Gasteiger partial charge on any atom is -0.379 e. The molecule has 0 saturated carbocycles. The lowest BCUT2D eigenvalue weighted by atomic mass is 10.4. The smallest absolute Gasteiger partial charge is 0.106 e. The molecule has 1 rings (SSSR count). The molecule has 1 unspecified atom stereocenters. The first-order valence-corrected chi connectivity index (χ1v) is 7.26. The third kappa shape index (κ3) is 6.04. The second-order valence-corrected chi connectivity index (χ2v) is 5.37. The highest BCUT2D eigenvalue weighted by Crippen LogP contribution is 2.29. The summed E-state index contributed by atoms with van der Waals surface area (Å²) in [7, 11) is 3.36. The molecule has 3 nitrogen and oxygen atoms in total. The van der Waals surface area contributed by atoms with E-state index >= 15 is 0 Å². The van der Waals surface area contributed by atoms with E-state index in [0.29, 0.717) is 0 Å². The van der Waals surface area contributed by atoms with Crippen LogP contribution in [0.25, 0.3) is 0 Å². The molecule has 0 aliphatic heterocycles. The maximum Gasteiger partial charge on any atom is 0.106 e. The van der Waals surface area contributed by atoms with Crippen LogP contribution in [-0.2, 0) is 0 Å². The number of nitrogens with one attached hydrogen (secondary N) is 1. The third-order valence-corrected chi connectivity index (χ3v) is 3.99. The molecule has 1 aromatic rings. The van der Waals surface area contributed by atoms with E-state index in [2.05, 4.69) is 10.3 Å². The highest BCUT2D eigenvalue weighted by molar-refractivity contribution is 8.76. The molecule has 0 radical (unpaired) electrons. The molecule has 0 aromatic carbocycles. The number of hydrogen-bond donors (Lipinski definition) is 2. The first-order valence-electron chi connectivity index (χ1n) is 4.95. The Labute approximate surface area is 98.5 Å². The second kappa shape index (κ2) is 7.98. The van der Waals surface area contributed by atoms with Gasteiger partial charge in [0.25, 0.3) is 0 Å². The summed E-state index contributed by atoms with van der Waals surface area (Å²) >= 11 is 0. The molecule has 1 aromatic heterocycles. The second-order valence-electron chi connectivity index (χ2n) is 2.94. The first kappa shape index (κ1) is 12.8. The molecular formula is C10H16N2OS2. The van der Waals surface area contributed by atoms with E-state index in [4.69, 9.17) is 0 Å². The van der Waals surface area contributed by atoms with Gasteiger partial charge in [0.05, 0.1) is 0 Å². The van der Waals surface area contributed by atoms with Gasteiger partial charge in [-0.15, -0.1) is 0 Å². The number of rotatable bonds is 7. The van der Waals surface area contributed by atoms with Crippen LogP contribution in [0.5, 0.6) is 0 Å². The lowest BCUT2D eigenvalue weighted by molar-refractivity contribution is 0.137. The molecule has 0 spiro atoms. The van der Waals surface area contributed by atoms with Gasteiger partial charge in [-0.25, -0.2) is 4.98 Å². The summed E-state index contributed by atoms with van der Waals surface area (Å²) in [5.41, 5.74) is 0. The van der Waals surface area contributed by atoms with E-state index in [9.17, 15) is 5.11 Å². The molecule has 0 saturated heterocycles. The summed E-state index contributed by atoms with van der Waals surface area (Å²) in [6.45, 7) is 2.79. The predicted molar refractivity (Wildman–Crippen MR) is 66.9 cm³/mol. The van der Waals surface area contributed by atoms with Gasteiger partial charge in [-0.05, 0) is 35.9 Å². The van der Waals surface area contributed by atoms with E-state index in [1.165, 1.54) is 0 Å². The van der Waals surface area contributed by atoms with Crippen molar-refractivity contribution in [3.8, 4) is 0 Å². The number of nitrogens with zero attached hydrogens (tertiary/aromatic N) is 1.